The zero-order chi connectivity index (χ0) is 34.6. The van der Waals surface area contributed by atoms with E-state index in [1.165, 1.54) is 0 Å². The molecule has 0 aromatic heterocycles. The molecule has 0 saturated carbocycles. The standard InChI is InChI=1S/C36H45N5O8/c42-25-26-7-9-27(10-8-26)33-23-32(24-39-19-21-40(22-20-39)30-15-17-31(18-16-30)41(46)47)48-36(49-33)28-11-13-29(14-12-28)37-34(43)5-3-1-2-4-6-35(44)38-45/h7-18,32-33,36,42,45H,1-6,19-25H2,(H,37,43)(H,38,44)/t32-,33+,36+/m1/s1. The van der Waals surface area contributed by atoms with E-state index in [4.69, 9.17) is 14.7 Å². The van der Waals surface area contributed by atoms with Crippen molar-refractivity contribution in [1.29, 1.82) is 0 Å². The fourth-order valence-electron chi connectivity index (χ4n) is 6.22. The molecule has 4 N–H and O–H groups in total. The van der Waals surface area contributed by atoms with Crippen LogP contribution in [0, 0.1) is 10.1 Å². The van der Waals surface area contributed by atoms with Gasteiger partial charge in [-0.15, -0.1) is 0 Å². The molecular weight excluding hydrogens is 630 g/mol. The van der Waals surface area contributed by atoms with Crippen LogP contribution < -0.4 is 15.7 Å². The number of carbonyl (C=O) groups is 2. The van der Waals surface area contributed by atoms with E-state index in [-0.39, 0.29) is 41.8 Å². The lowest BCUT2D eigenvalue weighted by molar-refractivity contribution is -0.384. The van der Waals surface area contributed by atoms with Crippen LogP contribution in [0.4, 0.5) is 17.1 Å². The molecule has 2 fully saturated rings. The molecule has 262 valence electrons. The number of nitro groups is 1. The van der Waals surface area contributed by atoms with Crippen LogP contribution in [0.1, 0.15) is 74.0 Å². The highest BCUT2D eigenvalue weighted by atomic mass is 16.7. The van der Waals surface area contributed by atoms with Crippen LogP contribution in [-0.4, -0.2) is 70.8 Å². The van der Waals surface area contributed by atoms with Gasteiger partial charge in [0.05, 0.1) is 23.7 Å². The van der Waals surface area contributed by atoms with E-state index in [2.05, 4.69) is 15.1 Å². The Morgan fingerprint density at radius 3 is 2.06 bits per heavy atom. The van der Waals surface area contributed by atoms with Gasteiger partial charge in [0.25, 0.3) is 5.69 Å². The number of aliphatic hydroxyl groups is 1. The number of nitrogens with one attached hydrogen (secondary N) is 2. The fourth-order valence-corrected chi connectivity index (χ4v) is 6.22. The van der Waals surface area contributed by atoms with E-state index in [1.807, 2.05) is 48.5 Å². The second-order valence-corrected chi connectivity index (χ2v) is 12.5. The van der Waals surface area contributed by atoms with Crippen LogP contribution in [0.25, 0.3) is 0 Å². The summed E-state index contributed by atoms with van der Waals surface area (Å²) in [6.07, 6.45) is 3.39. The maximum Gasteiger partial charge on any atom is 0.269 e. The molecule has 5 rings (SSSR count). The summed E-state index contributed by atoms with van der Waals surface area (Å²) in [4.78, 5) is 38.8. The number of piperazine rings is 1. The average molecular weight is 676 g/mol. The van der Waals surface area contributed by atoms with E-state index < -0.39 is 12.2 Å². The number of non-ortho nitro benzene ring substituents is 1. The number of amides is 2. The number of hydrogen-bond acceptors (Lipinski definition) is 10. The van der Waals surface area contributed by atoms with Crippen molar-refractivity contribution in [2.45, 2.75) is 70.1 Å². The topological polar surface area (TPSA) is 167 Å². The van der Waals surface area contributed by atoms with Gasteiger partial charge in [-0.25, -0.2) is 5.48 Å². The normalized spacial score (nSPS) is 19.7. The maximum absolute atomic E-state index is 12.5. The van der Waals surface area contributed by atoms with Crippen LogP contribution in [-0.2, 0) is 25.7 Å². The molecule has 13 nitrogen and oxygen atoms in total. The summed E-state index contributed by atoms with van der Waals surface area (Å²) in [6.45, 7) is 3.95. The number of anilines is 2. The van der Waals surface area contributed by atoms with Gasteiger partial charge in [-0.2, -0.15) is 0 Å². The van der Waals surface area contributed by atoms with Crippen molar-refractivity contribution in [1.82, 2.24) is 10.4 Å². The highest BCUT2D eigenvalue weighted by Crippen LogP contribution is 2.38. The number of hydroxylamine groups is 1. The largest absolute Gasteiger partial charge is 0.392 e. The van der Waals surface area contributed by atoms with Crippen LogP contribution in [0.3, 0.4) is 0 Å². The molecule has 3 aromatic carbocycles. The molecule has 2 aliphatic rings. The highest BCUT2D eigenvalue weighted by Gasteiger charge is 2.34. The number of nitro benzene ring substituents is 1. The first-order valence-electron chi connectivity index (χ1n) is 16.9. The quantitative estimate of drug-likeness (QED) is 0.0724. The molecule has 0 bridgehead atoms. The molecule has 13 heteroatoms. The minimum Gasteiger partial charge on any atom is -0.392 e. The van der Waals surface area contributed by atoms with Crippen LogP contribution >= 0.6 is 0 Å². The van der Waals surface area contributed by atoms with Crippen molar-refractivity contribution < 1.29 is 34.3 Å². The lowest BCUT2D eigenvalue weighted by Crippen LogP contribution is -2.49. The number of aliphatic hydroxyl groups excluding tert-OH is 1. The SMILES string of the molecule is O=C(CCCCCCC(=O)Nc1ccc([C@H]2O[C@@H](CN3CCN(c4ccc([N+](=O)[O-])cc4)CC3)C[C@@H](c3ccc(CO)cc3)O2)cc1)NO. The Morgan fingerprint density at radius 1 is 0.816 bits per heavy atom. The molecular formula is C36H45N5O8. The predicted octanol–water partition coefficient (Wildman–Crippen LogP) is 5.24. The van der Waals surface area contributed by atoms with Gasteiger partial charge in [0.1, 0.15) is 0 Å². The second kappa shape index (κ2) is 17.8. The first kappa shape index (κ1) is 35.9. The third-order valence-corrected chi connectivity index (χ3v) is 9.02. The summed E-state index contributed by atoms with van der Waals surface area (Å²) >= 11 is 0. The Hall–Kier alpha value is -4.40. The molecule has 2 heterocycles. The highest BCUT2D eigenvalue weighted by molar-refractivity contribution is 5.90. The van der Waals surface area contributed by atoms with Crippen molar-refractivity contribution in [2.24, 2.45) is 0 Å². The van der Waals surface area contributed by atoms with Gasteiger partial charge in [0, 0.05) is 81.1 Å². The van der Waals surface area contributed by atoms with Gasteiger partial charge in [-0.05, 0) is 48.2 Å². The number of carbonyl (C=O) groups excluding carboxylic acids is 2. The molecule has 0 spiro atoms. The summed E-state index contributed by atoms with van der Waals surface area (Å²) in [7, 11) is 0. The molecule has 0 radical (unpaired) electrons. The van der Waals surface area contributed by atoms with Crippen molar-refractivity contribution >= 4 is 28.9 Å². The Morgan fingerprint density at radius 2 is 1.45 bits per heavy atom. The number of nitrogens with zero attached hydrogens (tertiary/aromatic N) is 3. The molecule has 49 heavy (non-hydrogen) atoms. The lowest BCUT2D eigenvalue weighted by atomic mass is 9.99. The first-order valence-corrected chi connectivity index (χ1v) is 16.9. The number of benzene rings is 3. The Kier molecular flexibility index (Phi) is 13.1. The summed E-state index contributed by atoms with van der Waals surface area (Å²) in [5, 5.41) is 32.1. The predicted molar refractivity (Wildman–Crippen MR) is 183 cm³/mol. The van der Waals surface area contributed by atoms with Crippen LogP contribution in [0.5, 0.6) is 0 Å². The molecule has 3 atom stereocenters. The smallest absolute Gasteiger partial charge is 0.269 e. The van der Waals surface area contributed by atoms with E-state index in [1.54, 1.807) is 29.7 Å². The van der Waals surface area contributed by atoms with E-state index in [0.717, 1.165) is 67.9 Å². The van der Waals surface area contributed by atoms with Crippen LogP contribution in [0.15, 0.2) is 72.8 Å². The molecule has 0 aliphatic carbocycles. The number of rotatable bonds is 15. The molecule has 2 amide bonds. The van der Waals surface area contributed by atoms with Gasteiger partial charge in [-0.1, -0.05) is 49.2 Å². The van der Waals surface area contributed by atoms with Crippen molar-refractivity contribution in [3.63, 3.8) is 0 Å². The first-order chi connectivity index (χ1) is 23.8. The average Bonchev–Trinajstić information content (AvgIpc) is 3.13. The van der Waals surface area contributed by atoms with E-state index in [9.17, 15) is 24.8 Å². The molecule has 0 unspecified atom stereocenters. The zero-order valence-corrected chi connectivity index (χ0v) is 27.5. The number of ether oxygens (including phenoxy) is 2. The Balaban J connectivity index is 1.16. The third kappa shape index (κ3) is 10.5. The maximum atomic E-state index is 12.5. The number of hydrogen-bond donors (Lipinski definition) is 4. The van der Waals surface area contributed by atoms with E-state index >= 15 is 0 Å². The summed E-state index contributed by atoms with van der Waals surface area (Å²) < 4.78 is 13.0. The second-order valence-electron chi connectivity index (χ2n) is 12.5. The van der Waals surface area contributed by atoms with Crippen LogP contribution in [0.2, 0.25) is 0 Å². The van der Waals surface area contributed by atoms with Gasteiger partial charge in [-0.3, -0.25) is 29.8 Å². The molecule has 2 aliphatic heterocycles. The third-order valence-electron chi connectivity index (χ3n) is 9.02. The zero-order valence-electron chi connectivity index (χ0n) is 27.5. The van der Waals surface area contributed by atoms with Crippen molar-refractivity contribution in [3.05, 3.63) is 99.6 Å². The van der Waals surface area contributed by atoms with Gasteiger partial charge in [0.2, 0.25) is 11.8 Å². The minimum absolute atomic E-state index is 0.0274. The Labute approximate surface area is 285 Å². The molecule has 2 saturated heterocycles. The number of unbranched alkanes of at least 4 members (excludes halogenated alkanes) is 3. The molecule has 3 aromatic rings. The minimum atomic E-state index is -0.611. The lowest BCUT2D eigenvalue weighted by Gasteiger charge is -2.41. The van der Waals surface area contributed by atoms with Gasteiger partial charge >= 0.3 is 0 Å². The summed E-state index contributed by atoms with van der Waals surface area (Å²) in [6, 6.07) is 22.0. The summed E-state index contributed by atoms with van der Waals surface area (Å²) in [5.41, 5.74) is 6.05. The van der Waals surface area contributed by atoms with Crippen molar-refractivity contribution in [2.75, 3.05) is 42.9 Å². The van der Waals surface area contributed by atoms with E-state index in [0.29, 0.717) is 31.4 Å². The van der Waals surface area contributed by atoms with Gasteiger partial charge < -0.3 is 24.8 Å². The van der Waals surface area contributed by atoms with Crippen molar-refractivity contribution in [3.8, 4) is 0 Å². The monoisotopic (exact) mass is 675 g/mol. The van der Waals surface area contributed by atoms with Gasteiger partial charge in [0.15, 0.2) is 6.29 Å². The fraction of sp³-hybridized carbons (Fsp3) is 0.444. The summed E-state index contributed by atoms with van der Waals surface area (Å²) in [5.74, 6) is -0.476. The Bertz CT molecular complexity index is 1510.